The highest BCUT2D eigenvalue weighted by Crippen LogP contribution is 2.39. The quantitative estimate of drug-likeness (QED) is 0.410. The fraction of sp³-hybridized carbons (Fsp3) is 0.304. The SMILES string of the molecule is CCNC(=O)c1cc2c(-c3oc(C(C)(C)O)nc3Oc3ncccc3C)cn(C)c(=O)c2[nH]1. The molecule has 0 spiro atoms. The number of rotatable bonds is 6. The van der Waals surface area contributed by atoms with Crippen LogP contribution < -0.4 is 15.6 Å². The number of nitrogens with zero attached hydrogens (tertiary/aromatic N) is 3. The number of aryl methyl sites for hydroxylation is 2. The second-order valence-corrected chi connectivity index (χ2v) is 8.23. The van der Waals surface area contributed by atoms with Gasteiger partial charge < -0.3 is 29.1 Å². The van der Waals surface area contributed by atoms with Crippen molar-refractivity contribution < 1.29 is 19.1 Å². The predicted octanol–water partition coefficient (Wildman–Crippen LogP) is 2.99. The molecule has 0 atom stereocenters. The Morgan fingerprint density at radius 1 is 1.36 bits per heavy atom. The molecular weight excluding hydrogens is 426 g/mol. The number of oxazole rings is 1. The van der Waals surface area contributed by atoms with Gasteiger partial charge in [0.1, 0.15) is 16.8 Å². The summed E-state index contributed by atoms with van der Waals surface area (Å²) in [6.45, 7) is 7.17. The molecule has 0 fully saturated rings. The fourth-order valence-corrected chi connectivity index (χ4v) is 3.37. The Labute approximate surface area is 189 Å². The van der Waals surface area contributed by atoms with Gasteiger partial charge in [0.25, 0.3) is 17.3 Å². The Morgan fingerprint density at radius 2 is 2.12 bits per heavy atom. The molecule has 33 heavy (non-hydrogen) atoms. The Morgan fingerprint density at radius 3 is 2.79 bits per heavy atom. The van der Waals surface area contributed by atoms with Crippen molar-refractivity contribution in [2.75, 3.05) is 6.54 Å². The summed E-state index contributed by atoms with van der Waals surface area (Å²) in [6.07, 6.45) is 3.17. The van der Waals surface area contributed by atoms with Gasteiger partial charge in [-0.15, -0.1) is 0 Å². The lowest BCUT2D eigenvalue weighted by Gasteiger charge is -2.11. The molecule has 4 rings (SSSR count). The number of carbonyl (C=O) groups is 1. The molecule has 10 nitrogen and oxygen atoms in total. The van der Waals surface area contributed by atoms with Gasteiger partial charge in [0.2, 0.25) is 17.5 Å². The lowest BCUT2D eigenvalue weighted by Crippen LogP contribution is -2.23. The largest absolute Gasteiger partial charge is 0.433 e. The highest BCUT2D eigenvalue weighted by Gasteiger charge is 2.29. The predicted molar refractivity (Wildman–Crippen MR) is 121 cm³/mol. The van der Waals surface area contributed by atoms with Gasteiger partial charge in [-0.25, -0.2) is 4.98 Å². The van der Waals surface area contributed by atoms with Crippen LogP contribution in [0.25, 0.3) is 22.2 Å². The molecule has 0 aromatic carbocycles. The van der Waals surface area contributed by atoms with Crippen molar-refractivity contribution in [3.8, 4) is 23.1 Å². The summed E-state index contributed by atoms with van der Waals surface area (Å²) >= 11 is 0. The number of aromatic nitrogens is 4. The minimum Gasteiger partial charge on any atom is -0.433 e. The van der Waals surface area contributed by atoms with Crippen molar-refractivity contribution in [1.29, 1.82) is 0 Å². The zero-order valence-corrected chi connectivity index (χ0v) is 19.0. The van der Waals surface area contributed by atoms with Crippen LogP contribution in [-0.2, 0) is 12.6 Å². The number of nitrogens with one attached hydrogen (secondary N) is 2. The number of aliphatic hydroxyl groups is 1. The molecule has 4 aromatic heterocycles. The summed E-state index contributed by atoms with van der Waals surface area (Å²) in [7, 11) is 1.59. The first kappa shape index (κ1) is 22.3. The summed E-state index contributed by atoms with van der Waals surface area (Å²) in [5.41, 5.74) is 0.0146. The number of ether oxygens (including phenoxy) is 1. The first-order chi connectivity index (χ1) is 15.6. The second-order valence-electron chi connectivity index (χ2n) is 8.23. The molecule has 4 aromatic rings. The maximum atomic E-state index is 12.8. The summed E-state index contributed by atoms with van der Waals surface area (Å²) in [5.74, 6) is 0.293. The van der Waals surface area contributed by atoms with E-state index >= 15 is 0 Å². The van der Waals surface area contributed by atoms with E-state index in [2.05, 4.69) is 20.3 Å². The van der Waals surface area contributed by atoms with Crippen molar-refractivity contribution in [2.45, 2.75) is 33.3 Å². The van der Waals surface area contributed by atoms with Crippen molar-refractivity contribution in [3.05, 3.63) is 58.1 Å². The number of aromatic amines is 1. The van der Waals surface area contributed by atoms with E-state index in [1.54, 1.807) is 38.5 Å². The van der Waals surface area contributed by atoms with E-state index < -0.39 is 5.60 Å². The molecule has 10 heteroatoms. The molecule has 0 aliphatic rings. The smallest absolute Gasteiger partial charge is 0.274 e. The number of pyridine rings is 2. The molecule has 4 heterocycles. The van der Waals surface area contributed by atoms with Crippen LogP contribution in [0, 0.1) is 6.92 Å². The average Bonchev–Trinajstić information content (AvgIpc) is 3.38. The minimum atomic E-state index is -1.39. The maximum Gasteiger partial charge on any atom is 0.274 e. The Balaban J connectivity index is 1.96. The molecule has 0 saturated carbocycles. The number of hydrogen-bond acceptors (Lipinski definition) is 7. The van der Waals surface area contributed by atoms with Crippen LogP contribution in [0.3, 0.4) is 0 Å². The average molecular weight is 451 g/mol. The Kier molecular flexibility index (Phi) is 5.54. The van der Waals surface area contributed by atoms with Crippen molar-refractivity contribution in [1.82, 2.24) is 24.8 Å². The number of fused-ring (bicyclic) bond motifs is 1. The third kappa shape index (κ3) is 4.12. The van der Waals surface area contributed by atoms with E-state index in [0.29, 0.717) is 23.4 Å². The van der Waals surface area contributed by atoms with Crippen molar-refractivity contribution in [3.63, 3.8) is 0 Å². The van der Waals surface area contributed by atoms with E-state index in [1.807, 2.05) is 13.0 Å². The van der Waals surface area contributed by atoms with Gasteiger partial charge in [0.15, 0.2) is 0 Å². The molecule has 0 bridgehead atoms. The first-order valence-corrected chi connectivity index (χ1v) is 10.4. The molecule has 3 N–H and O–H groups in total. The van der Waals surface area contributed by atoms with Gasteiger partial charge >= 0.3 is 0 Å². The number of H-pyrrole nitrogens is 1. The summed E-state index contributed by atoms with van der Waals surface area (Å²) < 4.78 is 13.3. The maximum absolute atomic E-state index is 12.8. The second kappa shape index (κ2) is 8.21. The zero-order chi connectivity index (χ0) is 23.9. The van der Waals surface area contributed by atoms with Crippen molar-refractivity contribution in [2.24, 2.45) is 7.05 Å². The molecule has 172 valence electrons. The van der Waals surface area contributed by atoms with E-state index in [4.69, 9.17) is 9.15 Å². The summed E-state index contributed by atoms with van der Waals surface area (Å²) in [4.78, 5) is 36.7. The van der Waals surface area contributed by atoms with Gasteiger partial charge in [-0.1, -0.05) is 6.07 Å². The van der Waals surface area contributed by atoms with E-state index in [9.17, 15) is 14.7 Å². The van der Waals surface area contributed by atoms with Crippen LogP contribution in [0.15, 0.2) is 39.8 Å². The van der Waals surface area contributed by atoms with Crippen LogP contribution in [0.4, 0.5) is 0 Å². The van der Waals surface area contributed by atoms with E-state index in [-0.39, 0.29) is 40.2 Å². The normalized spacial score (nSPS) is 11.7. The molecular formula is C23H25N5O5. The minimum absolute atomic E-state index is 0.0302. The number of carbonyl (C=O) groups excluding carboxylic acids is 1. The molecule has 0 saturated heterocycles. The molecule has 1 amide bonds. The lowest BCUT2D eigenvalue weighted by atomic mass is 10.1. The van der Waals surface area contributed by atoms with Crippen LogP contribution in [0.5, 0.6) is 11.8 Å². The van der Waals surface area contributed by atoms with Gasteiger partial charge in [-0.05, 0) is 39.8 Å². The zero-order valence-electron chi connectivity index (χ0n) is 19.0. The monoisotopic (exact) mass is 451 g/mol. The molecule has 0 aliphatic heterocycles. The van der Waals surface area contributed by atoms with E-state index in [0.717, 1.165) is 5.56 Å². The molecule has 0 unspecified atom stereocenters. The third-order valence-corrected chi connectivity index (χ3v) is 5.07. The third-order valence-electron chi connectivity index (χ3n) is 5.07. The topological polar surface area (TPSA) is 135 Å². The van der Waals surface area contributed by atoms with E-state index in [1.165, 1.54) is 18.4 Å². The Hall–Kier alpha value is -3.92. The fourth-order valence-electron chi connectivity index (χ4n) is 3.37. The van der Waals surface area contributed by atoms with Gasteiger partial charge in [0.05, 0.1) is 0 Å². The van der Waals surface area contributed by atoms with Gasteiger partial charge in [-0.3, -0.25) is 9.59 Å². The number of amides is 1. The van der Waals surface area contributed by atoms with Crippen molar-refractivity contribution >= 4 is 16.8 Å². The highest BCUT2D eigenvalue weighted by molar-refractivity contribution is 6.02. The summed E-state index contributed by atoms with van der Waals surface area (Å²) in [6, 6.07) is 5.21. The van der Waals surface area contributed by atoms with Gasteiger partial charge in [0, 0.05) is 42.5 Å². The first-order valence-electron chi connectivity index (χ1n) is 10.4. The van der Waals surface area contributed by atoms with Crippen LogP contribution >= 0.6 is 0 Å². The molecule has 0 aliphatic carbocycles. The summed E-state index contributed by atoms with van der Waals surface area (Å²) in [5, 5.41) is 13.7. The van der Waals surface area contributed by atoms with Crippen LogP contribution in [0.2, 0.25) is 0 Å². The highest BCUT2D eigenvalue weighted by atomic mass is 16.5. The van der Waals surface area contributed by atoms with Gasteiger partial charge in [-0.2, -0.15) is 4.98 Å². The number of hydrogen-bond donors (Lipinski definition) is 3. The van der Waals surface area contributed by atoms with Crippen LogP contribution in [-0.4, -0.2) is 37.1 Å². The standard InChI is InChI=1S/C23H25N5O5/c1-6-24-18(29)15-10-13-14(11-28(5)21(30)16(13)26-15)17-20(27-22(32-17)23(3,4)31)33-19-12(2)8-7-9-25-19/h7-11,26,31H,6H2,1-5H3,(H,24,29). The lowest BCUT2D eigenvalue weighted by molar-refractivity contribution is 0.0489. The molecule has 0 radical (unpaired) electrons. The van der Waals surface area contributed by atoms with Crippen LogP contribution in [0.1, 0.15) is 42.7 Å². The Bertz CT molecular complexity index is 1410.